The summed E-state index contributed by atoms with van der Waals surface area (Å²) >= 11 is 6.07. The summed E-state index contributed by atoms with van der Waals surface area (Å²) in [6.45, 7) is 4.36. The maximum Gasteiger partial charge on any atom is 0.255 e. The minimum Gasteiger partial charge on any atom is -0.495 e. The van der Waals surface area contributed by atoms with Crippen molar-refractivity contribution in [2.45, 2.75) is 19.9 Å². The summed E-state index contributed by atoms with van der Waals surface area (Å²) in [7, 11) is 1.57. The number of allylic oxidation sites excluding steroid dienone is 1. The Bertz CT molecular complexity index is 1460. The lowest BCUT2D eigenvalue weighted by Gasteiger charge is -2.29. The summed E-state index contributed by atoms with van der Waals surface area (Å²) < 4.78 is 12.8. The molecule has 9 heteroatoms. The first-order chi connectivity index (χ1) is 18.0. The molecular weight excluding hydrogens is 490 g/mol. The standard InChI is InChI=1S/C28H26ClN5O3/c1-4-37-21-15-11-18(12-16-21)25-24(27(35)31-22-7-5-6-8-23(22)36-3)17(2)30-28-32-26(33-34(25)28)19-9-13-20(29)14-10-19/h5-16,25H,4H2,1-3H3,(H,31,35)(H,30,32,33). The molecule has 2 N–H and O–H groups in total. The number of anilines is 2. The lowest BCUT2D eigenvalue weighted by molar-refractivity contribution is -0.113. The first kappa shape index (κ1) is 24.4. The number of hydrogen-bond donors (Lipinski definition) is 2. The van der Waals surface area contributed by atoms with Crippen LogP contribution in [-0.2, 0) is 4.79 Å². The minimum atomic E-state index is -0.532. The van der Waals surface area contributed by atoms with Gasteiger partial charge in [-0.25, -0.2) is 4.68 Å². The van der Waals surface area contributed by atoms with Crippen LogP contribution in [0.5, 0.6) is 11.5 Å². The predicted octanol–water partition coefficient (Wildman–Crippen LogP) is 5.93. The molecule has 1 aromatic heterocycles. The normalized spacial score (nSPS) is 14.5. The number of benzene rings is 3. The van der Waals surface area contributed by atoms with E-state index >= 15 is 0 Å². The van der Waals surface area contributed by atoms with Gasteiger partial charge in [0.05, 0.1) is 25.0 Å². The number of nitrogens with zero attached hydrogens (tertiary/aromatic N) is 3. The average molecular weight is 516 g/mol. The van der Waals surface area contributed by atoms with Crippen LogP contribution in [0.25, 0.3) is 11.4 Å². The quantitative estimate of drug-likeness (QED) is 0.317. The number of amides is 1. The second-order valence-electron chi connectivity index (χ2n) is 8.43. The van der Waals surface area contributed by atoms with E-state index in [1.165, 1.54) is 0 Å². The number of hydrogen-bond acceptors (Lipinski definition) is 6. The van der Waals surface area contributed by atoms with Gasteiger partial charge in [0.15, 0.2) is 5.82 Å². The number of carbonyl (C=O) groups is 1. The molecule has 1 amide bonds. The molecule has 2 heterocycles. The SMILES string of the molecule is CCOc1ccc(C2C(C(=O)Nc3ccccc3OC)=C(C)Nc3nc(-c4ccc(Cl)cc4)nn32)cc1. The Morgan fingerprint density at radius 1 is 1.08 bits per heavy atom. The Labute approximate surface area is 219 Å². The third-order valence-electron chi connectivity index (χ3n) is 6.06. The highest BCUT2D eigenvalue weighted by atomic mass is 35.5. The van der Waals surface area contributed by atoms with E-state index in [4.69, 9.17) is 31.2 Å². The van der Waals surface area contributed by atoms with Gasteiger partial charge in [0.25, 0.3) is 5.91 Å². The Kier molecular flexibility index (Phi) is 6.83. The highest BCUT2D eigenvalue weighted by Crippen LogP contribution is 2.38. The molecule has 0 fully saturated rings. The van der Waals surface area contributed by atoms with Crippen LogP contribution in [0.4, 0.5) is 11.6 Å². The zero-order chi connectivity index (χ0) is 25.9. The molecule has 1 atom stereocenters. The van der Waals surface area contributed by atoms with Gasteiger partial charge in [-0.05, 0) is 67.9 Å². The van der Waals surface area contributed by atoms with Crippen LogP contribution in [0.1, 0.15) is 25.5 Å². The highest BCUT2D eigenvalue weighted by molar-refractivity contribution is 6.30. The second kappa shape index (κ2) is 10.4. The van der Waals surface area contributed by atoms with Crippen molar-refractivity contribution in [2.24, 2.45) is 0 Å². The van der Waals surface area contributed by atoms with Crippen LogP contribution >= 0.6 is 11.6 Å². The van der Waals surface area contributed by atoms with Crippen molar-refractivity contribution < 1.29 is 14.3 Å². The van der Waals surface area contributed by atoms with Gasteiger partial charge in [-0.1, -0.05) is 35.9 Å². The first-order valence-electron chi connectivity index (χ1n) is 11.9. The summed E-state index contributed by atoms with van der Waals surface area (Å²) in [5.41, 5.74) is 3.44. The van der Waals surface area contributed by atoms with E-state index in [9.17, 15) is 4.79 Å². The van der Waals surface area contributed by atoms with Crippen LogP contribution in [-0.4, -0.2) is 34.4 Å². The second-order valence-corrected chi connectivity index (χ2v) is 8.87. The number of halogens is 1. The van der Waals surface area contributed by atoms with Crippen LogP contribution in [0.15, 0.2) is 84.1 Å². The fourth-order valence-electron chi connectivity index (χ4n) is 4.33. The third kappa shape index (κ3) is 4.88. The van der Waals surface area contributed by atoms with Crippen LogP contribution < -0.4 is 20.1 Å². The van der Waals surface area contributed by atoms with Gasteiger partial charge < -0.3 is 20.1 Å². The van der Waals surface area contributed by atoms with E-state index in [-0.39, 0.29) is 5.91 Å². The summed E-state index contributed by atoms with van der Waals surface area (Å²) in [6.07, 6.45) is 0. The zero-order valence-electron chi connectivity index (χ0n) is 20.7. The van der Waals surface area contributed by atoms with Crippen molar-refractivity contribution in [3.63, 3.8) is 0 Å². The fourth-order valence-corrected chi connectivity index (χ4v) is 4.45. The van der Waals surface area contributed by atoms with Gasteiger partial charge in [-0.15, -0.1) is 5.10 Å². The number of methoxy groups -OCH3 is 1. The lowest BCUT2D eigenvalue weighted by atomic mass is 9.95. The number of aromatic nitrogens is 3. The van der Waals surface area contributed by atoms with Crippen molar-refractivity contribution in [2.75, 3.05) is 24.4 Å². The fraction of sp³-hybridized carbons (Fsp3) is 0.179. The highest BCUT2D eigenvalue weighted by Gasteiger charge is 2.34. The number of fused-ring (bicyclic) bond motifs is 1. The van der Waals surface area contributed by atoms with Crippen molar-refractivity contribution in [1.82, 2.24) is 14.8 Å². The molecule has 3 aromatic carbocycles. The van der Waals surface area contributed by atoms with E-state index in [2.05, 4.69) is 10.6 Å². The van der Waals surface area contributed by atoms with Gasteiger partial charge in [0, 0.05) is 16.3 Å². The summed E-state index contributed by atoms with van der Waals surface area (Å²) in [4.78, 5) is 18.5. The van der Waals surface area contributed by atoms with Crippen LogP contribution in [0.3, 0.4) is 0 Å². The van der Waals surface area contributed by atoms with E-state index < -0.39 is 6.04 Å². The molecule has 0 radical (unpaired) electrons. The number of carbonyl (C=O) groups excluding carboxylic acids is 1. The molecule has 0 spiro atoms. The Morgan fingerprint density at radius 3 is 2.51 bits per heavy atom. The third-order valence-corrected chi connectivity index (χ3v) is 6.31. The van der Waals surface area contributed by atoms with Crippen molar-refractivity contribution >= 4 is 29.1 Å². The average Bonchev–Trinajstić information content (AvgIpc) is 3.33. The zero-order valence-corrected chi connectivity index (χ0v) is 21.4. The molecule has 4 aromatic rings. The van der Waals surface area contributed by atoms with E-state index in [1.54, 1.807) is 36.1 Å². The number of ether oxygens (including phenoxy) is 2. The lowest BCUT2D eigenvalue weighted by Crippen LogP contribution is -2.31. The number of rotatable bonds is 7. The Hall–Kier alpha value is -4.30. The molecule has 8 nitrogen and oxygen atoms in total. The number of nitrogens with one attached hydrogen (secondary N) is 2. The molecule has 0 saturated heterocycles. The molecule has 1 aliphatic rings. The van der Waals surface area contributed by atoms with Crippen molar-refractivity contribution in [1.29, 1.82) is 0 Å². The van der Waals surface area contributed by atoms with Gasteiger partial charge in [-0.2, -0.15) is 4.98 Å². The summed E-state index contributed by atoms with van der Waals surface area (Å²) in [6, 6.07) is 21.8. The Balaban J connectivity index is 1.58. The van der Waals surface area contributed by atoms with Crippen LogP contribution in [0, 0.1) is 0 Å². The molecule has 188 valence electrons. The molecule has 1 aliphatic heterocycles. The van der Waals surface area contributed by atoms with Gasteiger partial charge in [0.1, 0.15) is 17.5 Å². The predicted molar refractivity (Wildman–Crippen MR) is 144 cm³/mol. The molecule has 0 bridgehead atoms. The minimum absolute atomic E-state index is 0.275. The van der Waals surface area contributed by atoms with E-state index in [1.807, 2.05) is 62.4 Å². The van der Waals surface area contributed by atoms with Gasteiger partial charge >= 0.3 is 0 Å². The number of para-hydroxylation sites is 2. The molecular formula is C28H26ClN5O3. The first-order valence-corrected chi connectivity index (χ1v) is 12.2. The van der Waals surface area contributed by atoms with Gasteiger partial charge in [-0.3, -0.25) is 4.79 Å². The smallest absolute Gasteiger partial charge is 0.255 e. The molecule has 0 aliphatic carbocycles. The molecule has 5 rings (SSSR count). The molecule has 1 unspecified atom stereocenters. The topological polar surface area (TPSA) is 90.3 Å². The summed E-state index contributed by atoms with van der Waals surface area (Å²) in [5.74, 6) is 2.11. The van der Waals surface area contributed by atoms with Gasteiger partial charge in [0.2, 0.25) is 5.95 Å². The monoisotopic (exact) mass is 515 g/mol. The maximum absolute atomic E-state index is 13.8. The largest absolute Gasteiger partial charge is 0.495 e. The van der Waals surface area contributed by atoms with Crippen molar-refractivity contribution in [3.05, 3.63) is 94.7 Å². The summed E-state index contributed by atoms with van der Waals surface area (Å²) in [5, 5.41) is 11.7. The molecule has 37 heavy (non-hydrogen) atoms. The molecule has 0 saturated carbocycles. The van der Waals surface area contributed by atoms with Crippen LogP contribution in [0.2, 0.25) is 5.02 Å². The van der Waals surface area contributed by atoms with E-state index in [0.717, 1.165) is 16.9 Å². The maximum atomic E-state index is 13.8. The Morgan fingerprint density at radius 2 is 1.81 bits per heavy atom. The van der Waals surface area contributed by atoms with Crippen molar-refractivity contribution in [3.8, 4) is 22.9 Å². The van der Waals surface area contributed by atoms with E-state index in [0.29, 0.717) is 46.1 Å².